The van der Waals surface area contributed by atoms with Crippen LogP contribution in [0.2, 0.25) is 0 Å². The fraction of sp³-hybridized carbons (Fsp3) is 0. The Morgan fingerprint density at radius 3 is 2.38 bits per heavy atom. The van der Waals surface area contributed by atoms with E-state index in [1.165, 1.54) is 36.4 Å². The molecule has 2 N–H and O–H groups in total. The van der Waals surface area contributed by atoms with Gasteiger partial charge in [0.05, 0.1) is 16.3 Å². The lowest BCUT2D eigenvalue weighted by Gasteiger charge is -2.04. The molecule has 0 aliphatic heterocycles. The Labute approximate surface area is 116 Å². The van der Waals surface area contributed by atoms with Crippen molar-refractivity contribution in [2.45, 2.75) is 0 Å². The second-order valence-corrected chi connectivity index (χ2v) is 4.43. The predicted molar refractivity (Wildman–Crippen MR) is 73.9 cm³/mol. The van der Waals surface area contributed by atoms with Crippen molar-refractivity contribution < 1.29 is 24.2 Å². The highest BCUT2D eigenvalue weighted by molar-refractivity contribution is 6.03. The fourth-order valence-electron chi connectivity index (χ4n) is 2.18. The number of hydrogen-bond donors (Lipinski definition) is 2. The van der Waals surface area contributed by atoms with Crippen LogP contribution in [-0.2, 0) is 0 Å². The van der Waals surface area contributed by atoms with Crippen LogP contribution in [0.15, 0.2) is 45.6 Å². The van der Waals surface area contributed by atoms with E-state index in [1.54, 1.807) is 0 Å². The Kier molecular flexibility index (Phi) is 2.72. The van der Waals surface area contributed by atoms with Crippen LogP contribution in [0.1, 0.15) is 20.7 Å². The Morgan fingerprint density at radius 2 is 1.71 bits per heavy atom. The third kappa shape index (κ3) is 1.93. The molecule has 0 aliphatic carbocycles. The summed E-state index contributed by atoms with van der Waals surface area (Å²) in [6.07, 6.45) is 0. The second kappa shape index (κ2) is 4.45. The molecule has 6 heteroatoms. The van der Waals surface area contributed by atoms with Gasteiger partial charge in [0.2, 0.25) is 5.43 Å². The molecule has 104 valence electrons. The highest BCUT2D eigenvalue weighted by atomic mass is 16.4. The van der Waals surface area contributed by atoms with E-state index in [0.717, 1.165) is 0 Å². The van der Waals surface area contributed by atoms with Gasteiger partial charge in [0.15, 0.2) is 5.58 Å². The van der Waals surface area contributed by atoms with Gasteiger partial charge >= 0.3 is 11.9 Å². The molecule has 0 saturated carbocycles. The lowest BCUT2D eigenvalue weighted by Crippen LogP contribution is -2.07. The number of carboxylic acid groups (broad SMARTS) is 2. The van der Waals surface area contributed by atoms with Gasteiger partial charge in [0.1, 0.15) is 11.1 Å². The molecule has 3 rings (SSSR count). The summed E-state index contributed by atoms with van der Waals surface area (Å²) in [6, 6.07) is 8.08. The molecule has 6 nitrogen and oxygen atoms in total. The van der Waals surface area contributed by atoms with E-state index in [0.29, 0.717) is 0 Å². The van der Waals surface area contributed by atoms with Gasteiger partial charge < -0.3 is 14.6 Å². The van der Waals surface area contributed by atoms with Crippen molar-refractivity contribution in [2.24, 2.45) is 0 Å². The fourth-order valence-corrected chi connectivity index (χ4v) is 2.18. The first-order valence-electron chi connectivity index (χ1n) is 5.95. The summed E-state index contributed by atoms with van der Waals surface area (Å²) in [5.74, 6) is -2.36. The molecule has 0 unspecified atom stereocenters. The minimum absolute atomic E-state index is 0.0226. The molecule has 3 aromatic rings. The van der Waals surface area contributed by atoms with Crippen molar-refractivity contribution in [3.05, 3.63) is 57.7 Å². The van der Waals surface area contributed by atoms with E-state index in [9.17, 15) is 14.4 Å². The predicted octanol–water partition coefficient (Wildman–Crippen LogP) is 2.34. The number of carbonyl (C=O) groups is 2. The van der Waals surface area contributed by atoms with Crippen LogP contribution >= 0.6 is 0 Å². The number of aromatic carboxylic acids is 2. The molecule has 2 aromatic carbocycles. The van der Waals surface area contributed by atoms with Gasteiger partial charge in [0.25, 0.3) is 0 Å². The molecule has 1 aromatic heterocycles. The van der Waals surface area contributed by atoms with Gasteiger partial charge in [-0.25, -0.2) is 9.59 Å². The number of para-hydroxylation sites is 1. The average molecular weight is 284 g/mol. The summed E-state index contributed by atoms with van der Waals surface area (Å²) in [5, 5.41) is 18.3. The summed E-state index contributed by atoms with van der Waals surface area (Å²) < 4.78 is 5.48. The zero-order valence-electron chi connectivity index (χ0n) is 10.5. The van der Waals surface area contributed by atoms with E-state index < -0.39 is 17.4 Å². The maximum absolute atomic E-state index is 12.4. The molecule has 0 radical (unpaired) electrons. The minimum Gasteiger partial charge on any atom is -0.478 e. The number of benzene rings is 2. The molecular formula is C15H8O6. The first-order chi connectivity index (χ1) is 9.99. The van der Waals surface area contributed by atoms with Gasteiger partial charge in [-0.2, -0.15) is 0 Å². The summed E-state index contributed by atoms with van der Waals surface area (Å²) in [7, 11) is 0. The Morgan fingerprint density at radius 1 is 0.952 bits per heavy atom. The number of carboxylic acids is 2. The number of fused-ring (bicyclic) bond motifs is 2. The summed E-state index contributed by atoms with van der Waals surface area (Å²) in [4.78, 5) is 34.5. The summed E-state index contributed by atoms with van der Waals surface area (Å²) in [5.41, 5.74) is -0.494. The first-order valence-corrected chi connectivity index (χ1v) is 5.95. The molecule has 0 amide bonds. The van der Waals surface area contributed by atoms with E-state index in [4.69, 9.17) is 14.6 Å². The summed E-state index contributed by atoms with van der Waals surface area (Å²) >= 11 is 0. The topological polar surface area (TPSA) is 105 Å². The van der Waals surface area contributed by atoms with E-state index in [2.05, 4.69) is 0 Å². The van der Waals surface area contributed by atoms with Crippen molar-refractivity contribution >= 4 is 33.9 Å². The molecule has 0 saturated heterocycles. The van der Waals surface area contributed by atoms with Crippen molar-refractivity contribution in [1.29, 1.82) is 0 Å². The molecule has 1 heterocycles. The third-order valence-electron chi connectivity index (χ3n) is 3.17. The molecule has 0 spiro atoms. The van der Waals surface area contributed by atoms with Crippen LogP contribution in [0.25, 0.3) is 21.9 Å². The second-order valence-electron chi connectivity index (χ2n) is 4.43. The lowest BCUT2D eigenvalue weighted by atomic mass is 10.1. The van der Waals surface area contributed by atoms with Crippen molar-refractivity contribution in [3.8, 4) is 0 Å². The van der Waals surface area contributed by atoms with Crippen molar-refractivity contribution in [3.63, 3.8) is 0 Å². The molecule has 21 heavy (non-hydrogen) atoms. The van der Waals surface area contributed by atoms with Crippen molar-refractivity contribution in [2.75, 3.05) is 0 Å². The number of rotatable bonds is 2. The highest BCUT2D eigenvalue weighted by Gasteiger charge is 2.16. The number of hydrogen-bond acceptors (Lipinski definition) is 4. The monoisotopic (exact) mass is 284 g/mol. The Hall–Kier alpha value is -3.15. The molecule has 0 aliphatic rings. The zero-order valence-corrected chi connectivity index (χ0v) is 10.5. The van der Waals surface area contributed by atoms with Gasteiger partial charge in [0, 0.05) is 0 Å². The van der Waals surface area contributed by atoms with Crippen molar-refractivity contribution in [1.82, 2.24) is 0 Å². The Bertz CT molecular complexity index is 960. The minimum atomic E-state index is -1.20. The Balaban J connectivity index is 2.49. The quantitative estimate of drug-likeness (QED) is 0.700. The van der Waals surface area contributed by atoms with Crippen LogP contribution in [0.3, 0.4) is 0 Å². The standard InChI is InChI=1S/C15H8O6/c16-12-8-2-1-3-9(15(19)20)13(8)21-11-5-4-7(14(17)18)6-10(11)12/h1-6H,(H,17,18)(H,19,20). The molecule has 0 fully saturated rings. The van der Waals surface area contributed by atoms with Crippen LogP contribution in [0.5, 0.6) is 0 Å². The van der Waals surface area contributed by atoms with Gasteiger partial charge in [-0.1, -0.05) is 6.07 Å². The first kappa shape index (κ1) is 12.9. The van der Waals surface area contributed by atoms with E-state index in [1.807, 2.05) is 0 Å². The van der Waals surface area contributed by atoms with E-state index >= 15 is 0 Å². The zero-order chi connectivity index (χ0) is 15.1. The normalized spacial score (nSPS) is 10.9. The highest BCUT2D eigenvalue weighted by Crippen LogP contribution is 2.22. The smallest absolute Gasteiger partial charge is 0.339 e. The SMILES string of the molecule is O=C(O)c1ccc2oc3c(C(=O)O)cccc3c(=O)c2c1. The third-order valence-corrected chi connectivity index (χ3v) is 3.17. The molecule has 0 bridgehead atoms. The molecular weight excluding hydrogens is 276 g/mol. The van der Waals surface area contributed by atoms with Gasteiger partial charge in [-0.15, -0.1) is 0 Å². The molecule has 0 atom stereocenters. The van der Waals surface area contributed by atoms with Crippen LogP contribution in [-0.4, -0.2) is 22.2 Å². The lowest BCUT2D eigenvalue weighted by molar-refractivity contribution is 0.0686. The summed E-state index contributed by atoms with van der Waals surface area (Å²) in [6.45, 7) is 0. The van der Waals surface area contributed by atoms with Crippen LogP contribution in [0, 0.1) is 0 Å². The van der Waals surface area contributed by atoms with Crippen LogP contribution < -0.4 is 5.43 Å². The van der Waals surface area contributed by atoms with Gasteiger partial charge in [-0.05, 0) is 30.3 Å². The van der Waals surface area contributed by atoms with Gasteiger partial charge in [-0.3, -0.25) is 4.79 Å². The average Bonchev–Trinajstić information content (AvgIpc) is 2.46. The largest absolute Gasteiger partial charge is 0.478 e. The van der Waals surface area contributed by atoms with E-state index in [-0.39, 0.29) is 33.1 Å². The maximum Gasteiger partial charge on any atom is 0.339 e. The van der Waals surface area contributed by atoms with Crippen LogP contribution in [0.4, 0.5) is 0 Å². The maximum atomic E-state index is 12.4.